The van der Waals surface area contributed by atoms with Crippen molar-refractivity contribution >= 4 is 29.1 Å². The van der Waals surface area contributed by atoms with Crippen molar-refractivity contribution in [2.24, 2.45) is 0 Å². The Bertz CT molecular complexity index is 1220. The van der Waals surface area contributed by atoms with Crippen molar-refractivity contribution in [1.82, 2.24) is 10.2 Å². The van der Waals surface area contributed by atoms with E-state index in [4.69, 9.17) is 21.1 Å². The van der Waals surface area contributed by atoms with E-state index in [-0.39, 0.29) is 24.5 Å². The number of carbonyl (C=O) groups excluding carboxylic acids is 2. The first kappa shape index (κ1) is 28.4. The number of carbonyl (C=O) groups is 2. The molecule has 0 radical (unpaired) electrons. The third-order valence-corrected chi connectivity index (χ3v) is 6.62. The van der Waals surface area contributed by atoms with Crippen molar-refractivity contribution < 1.29 is 24.2 Å². The van der Waals surface area contributed by atoms with Crippen LogP contribution in [0.15, 0.2) is 78.9 Å². The lowest BCUT2D eigenvalue weighted by molar-refractivity contribution is -0.125. The standard InChI is InChI=1S/C30H34ClN3O5/c1-21(35)32-28(17-22-7-3-2-4-8-22)30(37)33-27-9-5-6-10-29(27)38-20-24(36)18-34-16-15-26(19-34)39-25-13-11-23(31)12-14-25/h2-14,24,26,28,36H,15-20H2,1H3,(H,32,35)(H,33,37). The van der Waals surface area contributed by atoms with Crippen molar-refractivity contribution in [3.8, 4) is 11.5 Å². The van der Waals surface area contributed by atoms with Crippen molar-refractivity contribution in [2.75, 3.05) is 31.6 Å². The molecule has 2 amide bonds. The van der Waals surface area contributed by atoms with Crippen LogP contribution in [0.5, 0.6) is 11.5 Å². The van der Waals surface area contributed by atoms with Gasteiger partial charge >= 0.3 is 0 Å². The quantitative estimate of drug-likeness (QED) is 0.315. The third-order valence-electron chi connectivity index (χ3n) is 6.37. The molecule has 3 aromatic carbocycles. The molecule has 1 aliphatic heterocycles. The number of amides is 2. The molecule has 1 saturated heterocycles. The molecule has 9 heteroatoms. The first-order valence-corrected chi connectivity index (χ1v) is 13.4. The molecule has 4 rings (SSSR count). The van der Waals surface area contributed by atoms with E-state index >= 15 is 0 Å². The molecular weight excluding hydrogens is 518 g/mol. The van der Waals surface area contributed by atoms with Gasteiger partial charge < -0.3 is 25.2 Å². The van der Waals surface area contributed by atoms with Gasteiger partial charge in [-0.3, -0.25) is 14.5 Å². The molecule has 206 valence electrons. The maximum atomic E-state index is 13.1. The molecule has 8 nitrogen and oxygen atoms in total. The molecule has 3 N–H and O–H groups in total. The lowest BCUT2D eigenvalue weighted by atomic mass is 10.0. The number of benzene rings is 3. The van der Waals surface area contributed by atoms with Gasteiger partial charge in [0.05, 0.1) is 5.69 Å². The summed E-state index contributed by atoms with van der Waals surface area (Å²) in [5.74, 6) is 0.575. The van der Waals surface area contributed by atoms with Crippen LogP contribution in [0.3, 0.4) is 0 Å². The lowest BCUT2D eigenvalue weighted by Crippen LogP contribution is -2.44. The van der Waals surface area contributed by atoms with Gasteiger partial charge in [0.2, 0.25) is 11.8 Å². The van der Waals surface area contributed by atoms with Crippen LogP contribution in [0.25, 0.3) is 0 Å². The Morgan fingerprint density at radius 2 is 1.77 bits per heavy atom. The number of likely N-dealkylation sites (tertiary alicyclic amines) is 1. The molecule has 0 bridgehead atoms. The number of hydrogen-bond donors (Lipinski definition) is 3. The van der Waals surface area contributed by atoms with Crippen LogP contribution < -0.4 is 20.1 Å². The Balaban J connectivity index is 1.28. The van der Waals surface area contributed by atoms with Crippen LogP contribution in [0.4, 0.5) is 5.69 Å². The zero-order valence-electron chi connectivity index (χ0n) is 21.9. The summed E-state index contributed by atoms with van der Waals surface area (Å²) in [5, 5.41) is 16.9. The topological polar surface area (TPSA) is 100 Å². The lowest BCUT2D eigenvalue weighted by Gasteiger charge is -2.22. The summed E-state index contributed by atoms with van der Waals surface area (Å²) in [7, 11) is 0. The number of nitrogens with one attached hydrogen (secondary N) is 2. The van der Waals surface area contributed by atoms with Crippen molar-refractivity contribution in [3.63, 3.8) is 0 Å². The fraction of sp³-hybridized carbons (Fsp3) is 0.333. The van der Waals surface area contributed by atoms with Gasteiger partial charge in [-0.15, -0.1) is 0 Å². The maximum Gasteiger partial charge on any atom is 0.247 e. The fourth-order valence-corrected chi connectivity index (χ4v) is 4.65. The van der Waals surface area contributed by atoms with Crippen molar-refractivity contribution in [2.45, 2.75) is 38.0 Å². The molecule has 0 aliphatic carbocycles. The van der Waals surface area contributed by atoms with E-state index in [9.17, 15) is 14.7 Å². The van der Waals surface area contributed by atoms with E-state index in [2.05, 4.69) is 15.5 Å². The van der Waals surface area contributed by atoms with Gasteiger partial charge in [0, 0.05) is 38.0 Å². The first-order chi connectivity index (χ1) is 18.9. The molecule has 1 fully saturated rings. The van der Waals surface area contributed by atoms with Crippen LogP contribution in [-0.2, 0) is 16.0 Å². The average molecular weight is 552 g/mol. The largest absolute Gasteiger partial charge is 0.489 e. The Kier molecular flexibility index (Phi) is 10.2. The minimum Gasteiger partial charge on any atom is -0.489 e. The van der Waals surface area contributed by atoms with Crippen molar-refractivity contribution in [3.05, 3.63) is 89.4 Å². The summed E-state index contributed by atoms with van der Waals surface area (Å²) in [5.41, 5.74) is 1.40. The Morgan fingerprint density at radius 1 is 1.05 bits per heavy atom. The number of anilines is 1. The number of halogens is 1. The Morgan fingerprint density at radius 3 is 2.51 bits per heavy atom. The number of hydrogen-bond acceptors (Lipinski definition) is 6. The summed E-state index contributed by atoms with van der Waals surface area (Å²) in [4.78, 5) is 27.0. The van der Waals surface area contributed by atoms with Gasteiger partial charge in [-0.05, 0) is 48.4 Å². The summed E-state index contributed by atoms with van der Waals surface area (Å²) in [6.45, 7) is 3.41. The van der Waals surface area contributed by atoms with Gasteiger partial charge in [-0.25, -0.2) is 0 Å². The molecule has 39 heavy (non-hydrogen) atoms. The second kappa shape index (κ2) is 14.0. The Hall–Kier alpha value is -3.59. The number of aliphatic hydroxyl groups excluding tert-OH is 1. The molecule has 1 heterocycles. The van der Waals surface area contributed by atoms with E-state index in [0.29, 0.717) is 36.0 Å². The van der Waals surface area contributed by atoms with E-state index in [1.807, 2.05) is 42.5 Å². The molecule has 0 spiro atoms. The monoisotopic (exact) mass is 551 g/mol. The van der Waals surface area contributed by atoms with Gasteiger partial charge in [0.25, 0.3) is 0 Å². The van der Waals surface area contributed by atoms with Gasteiger partial charge in [-0.2, -0.15) is 0 Å². The number of nitrogens with zero attached hydrogens (tertiary/aromatic N) is 1. The highest BCUT2D eigenvalue weighted by atomic mass is 35.5. The van der Waals surface area contributed by atoms with E-state index in [1.54, 1.807) is 36.4 Å². The van der Waals surface area contributed by atoms with E-state index < -0.39 is 12.1 Å². The fourth-order valence-electron chi connectivity index (χ4n) is 4.52. The maximum absolute atomic E-state index is 13.1. The molecule has 3 aromatic rings. The van der Waals surface area contributed by atoms with E-state index in [1.165, 1.54) is 6.92 Å². The summed E-state index contributed by atoms with van der Waals surface area (Å²) in [6.07, 6.45) is 0.534. The van der Waals surface area contributed by atoms with E-state index in [0.717, 1.165) is 24.3 Å². The summed E-state index contributed by atoms with van der Waals surface area (Å²) in [6, 6.07) is 23.1. The SMILES string of the molecule is CC(=O)NC(Cc1ccccc1)C(=O)Nc1ccccc1OCC(O)CN1CCC(Oc2ccc(Cl)cc2)C1. The van der Waals surface area contributed by atoms with Crippen LogP contribution in [-0.4, -0.2) is 66.3 Å². The molecule has 0 aromatic heterocycles. The van der Waals surface area contributed by atoms with Crippen LogP contribution in [0, 0.1) is 0 Å². The van der Waals surface area contributed by atoms with Gasteiger partial charge in [0.15, 0.2) is 0 Å². The molecule has 1 aliphatic rings. The molecule has 3 atom stereocenters. The Labute approximate surface area is 233 Å². The number of ether oxygens (including phenoxy) is 2. The normalized spacial score (nSPS) is 16.7. The molecule has 0 saturated carbocycles. The number of rotatable bonds is 12. The van der Waals surface area contributed by atoms with Crippen molar-refractivity contribution in [1.29, 1.82) is 0 Å². The zero-order chi connectivity index (χ0) is 27.6. The zero-order valence-corrected chi connectivity index (χ0v) is 22.6. The van der Waals surface area contributed by atoms with Crippen LogP contribution in [0.2, 0.25) is 5.02 Å². The molecular formula is C30H34ClN3O5. The number of aliphatic hydroxyl groups is 1. The minimum atomic E-state index is -0.748. The van der Waals surface area contributed by atoms with Crippen LogP contribution in [0.1, 0.15) is 18.9 Å². The number of para-hydroxylation sites is 2. The highest BCUT2D eigenvalue weighted by Gasteiger charge is 2.26. The first-order valence-electron chi connectivity index (χ1n) is 13.0. The predicted octanol–water partition coefficient (Wildman–Crippen LogP) is 3.92. The highest BCUT2D eigenvalue weighted by molar-refractivity contribution is 6.30. The van der Waals surface area contributed by atoms with Gasteiger partial charge in [0.1, 0.15) is 36.4 Å². The van der Waals surface area contributed by atoms with Gasteiger partial charge in [-0.1, -0.05) is 54.1 Å². The average Bonchev–Trinajstić information content (AvgIpc) is 3.36. The predicted molar refractivity (Wildman–Crippen MR) is 151 cm³/mol. The van der Waals surface area contributed by atoms with Crippen LogP contribution >= 0.6 is 11.6 Å². The molecule has 3 unspecified atom stereocenters. The highest BCUT2D eigenvalue weighted by Crippen LogP contribution is 2.25. The second-order valence-electron chi connectivity index (χ2n) is 9.64. The third kappa shape index (κ3) is 8.99. The second-order valence-corrected chi connectivity index (χ2v) is 10.1. The number of β-amino-alcohol motifs (C(OH)–C–C–N with tert-alkyl or cyclic N) is 1. The smallest absolute Gasteiger partial charge is 0.247 e. The minimum absolute atomic E-state index is 0.0441. The summed E-state index contributed by atoms with van der Waals surface area (Å²) >= 11 is 5.94. The summed E-state index contributed by atoms with van der Waals surface area (Å²) < 4.78 is 11.9.